The summed E-state index contributed by atoms with van der Waals surface area (Å²) in [6.07, 6.45) is 2.35. The predicted molar refractivity (Wildman–Crippen MR) is 80.8 cm³/mol. The molecule has 0 aliphatic carbocycles. The highest BCUT2D eigenvalue weighted by molar-refractivity contribution is 5.95. The molecule has 0 bridgehead atoms. The van der Waals surface area contributed by atoms with Crippen molar-refractivity contribution in [3.63, 3.8) is 0 Å². The number of benzene rings is 1. The third-order valence-electron chi connectivity index (χ3n) is 3.73. The van der Waals surface area contributed by atoms with Crippen molar-refractivity contribution in [2.24, 2.45) is 0 Å². The van der Waals surface area contributed by atoms with Crippen LogP contribution in [0.5, 0.6) is 0 Å². The molecule has 0 spiro atoms. The summed E-state index contributed by atoms with van der Waals surface area (Å²) in [6, 6.07) is 7.35. The number of amides is 1. The van der Waals surface area contributed by atoms with Crippen LogP contribution < -0.4 is 5.32 Å². The zero-order valence-corrected chi connectivity index (χ0v) is 12.6. The van der Waals surface area contributed by atoms with Crippen LogP contribution in [-0.2, 0) is 20.9 Å². The third-order valence-corrected chi connectivity index (χ3v) is 3.73. The molecule has 2 rings (SSSR count). The Morgan fingerprint density at radius 3 is 2.62 bits per heavy atom. The normalized spacial score (nSPS) is 18.5. The second-order valence-electron chi connectivity index (χ2n) is 5.34. The molecule has 1 atom stereocenters. The van der Waals surface area contributed by atoms with Crippen molar-refractivity contribution < 1.29 is 14.3 Å². The van der Waals surface area contributed by atoms with E-state index in [4.69, 9.17) is 4.74 Å². The predicted octanol–water partition coefficient (Wildman–Crippen LogP) is 2.17. The lowest BCUT2D eigenvalue weighted by molar-refractivity contribution is -0.144. The van der Waals surface area contributed by atoms with Gasteiger partial charge >= 0.3 is 5.97 Å². The first-order chi connectivity index (χ1) is 10.1. The Hall–Kier alpha value is -1.88. The van der Waals surface area contributed by atoms with Crippen LogP contribution in [0.2, 0.25) is 0 Å². The fourth-order valence-corrected chi connectivity index (χ4v) is 2.42. The number of esters is 1. The molecule has 0 aromatic heterocycles. The van der Waals surface area contributed by atoms with E-state index in [9.17, 15) is 9.59 Å². The summed E-state index contributed by atoms with van der Waals surface area (Å²) in [5.41, 5.74) is 1.68. The van der Waals surface area contributed by atoms with E-state index in [2.05, 4.69) is 10.2 Å². The molecule has 1 unspecified atom stereocenters. The molecule has 0 radical (unpaired) electrons. The molecule has 1 N–H and O–H groups in total. The van der Waals surface area contributed by atoms with Gasteiger partial charge in [0.1, 0.15) is 6.61 Å². The Kier molecular flexibility index (Phi) is 5.33. The molecule has 1 aliphatic heterocycles. The fraction of sp³-hybridized carbons (Fsp3) is 0.500. The molecule has 5 nitrogen and oxygen atoms in total. The molecule has 5 heteroatoms. The van der Waals surface area contributed by atoms with E-state index < -0.39 is 0 Å². The summed E-state index contributed by atoms with van der Waals surface area (Å²) < 4.78 is 5.06. The van der Waals surface area contributed by atoms with E-state index in [1.807, 2.05) is 31.3 Å². The highest BCUT2D eigenvalue weighted by atomic mass is 16.5. The first-order valence-corrected chi connectivity index (χ1v) is 7.36. The minimum atomic E-state index is -0.211. The first-order valence-electron chi connectivity index (χ1n) is 7.36. The largest absolute Gasteiger partial charge is 0.461 e. The number of ether oxygens (including phenoxy) is 1. The second-order valence-corrected chi connectivity index (χ2v) is 5.34. The number of rotatable bonds is 5. The summed E-state index contributed by atoms with van der Waals surface area (Å²) in [5, 5.41) is 2.93. The first kappa shape index (κ1) is 15.5. The van der Waals surface area contributed by atoms with Gasteiger partial charge in [0, 0.05) is 12.1 Å². The fourth-order valence-electron chi connectivity index (χ4n) is 2.42. The van der Waals surface area contributed by atoms with Crippen molar-refractivity contribution in [1.29, 1.82) is 0 Å². The number of likely N-dealkylation sites (tertiary alicyclic amines) is 1. The van der Waals surface area contributed by atoms with E-state index in [1.54, 1.807) is 6.92 Å². The second kappa shape index (κ2) is 7.22. The molecule has 21 heavy (non-hydrogen) atoms. The highest BCUT2D eigenvalue weighted by Crippen LogP contribution is 2.17. The van der Waals surface area contributed by atoms with Gasteiger partial charge in [-0.2, -0.15) is 0 Å². The van der Waals surface area contributed by atoms with Crippen LogP contribution in [0.25, 0.3) is 0 Å². The minimum Gasteiger partial charge on any atom is -0.461 e. The number of carbonyl (C=O) groups is 2. The van der Waals surface area contributed by atoms with Crippen molar-refractivity contribution in [2.75, 3.05) is 18.9 Å². The summed E-state index contributed by atoms with van der Waals surface area (Å²) in [6.45, 7) is 3.01. The molecule has 1 aromatic carbocycles. The molecular weight excluding hydrogens is 268 g/mol. The number of nitrogens with zero attached hydrogens (tertiary/aromatic N) is 1. The lowest BCUT2D eigenvalue weighted by Gasteiger charge is -2.18. The Morgan fingerprint density at radius 1 is 1.33 bits per heavy atom. The maximum absolute atomic E-state index is 12.1. The van der Waals surface area contributed by atoms with Gasteiger partial charge in [-0.05, 0) is 44.1 Å². The van der Waals surface area contributed by atoms with E-state index in [0.717, 1.165) is 30.6 Å². The monoisotopic (exact) mass is 290 g/mol. The van der Waals surface area contributed by atoms with Gasteiger partial charge in [-0.15, -0.1) is 0 Å². The smallest absolute Gasteiger partial charge is 0.305 e. The molecule has 1 fully saturated rings. The van der Waals surface area contributed by atoms with Crippen LogP contribution in [0.4, 0.5) is 5.69 Å². The summed E-state index contributed by atoms with van der Waals surface area (Å²) >= 11 is 0. The van der Waals surface area contributed by atoms with Gasteiger partial charge < -0.3 is 10.1 Å². The van der Waals surface area contributed by atoms with Crippen LogP contribution in [0.1, 0.15) is 31.7 Å². The van der Waals surface area contributed by atoms with E-state index >= 15 is 0 Å². The lowest BCUT2D eigenvalue weighted by atomic mass is 10.2. The molecular formula is C16H22N2O3. The van der Waals surface area contributed by atoms with Gasteiger partial charge in [0.15, 0.2) is 0 Å². The average molecular weight is 290 g/mol. The number of hydrogen-bond acceptors (Lipinski definition) is 4. The van der Waals surface area contributed by atoms with Crippen LogP contribution in [0.15, 0.2) is 24.3 Å². The van der Waals surface area contributed by atoms with Crippen molar-refractivity contribution >= 4 is 17.6 Å². The van der Waals surface area contributed by atoms with Crippen LogP contribution in [0.3, 0.4) is 0 Å². The van der Waals surface area contributed by atoms with E-state index in [0.29, 0.717) is 6.42 Å². The van der Waals surface area contributed by atoms with Gasteiger partial charge in [-0.1, -0.05) is 19.1 Å². The standard InChI is InChI=1S/C16H22N2O3/c1-3-15(19)21-11-12-6-8-13(9-7-12)17-16(20)14-5-4-10-18(14)2/h6-9,14H,3-5,10-11H2,1-2H3,(H,17,20). The zero-order chi connectivity index (χ0) is 15.2. The third kappa shape index (κ3) is 4.29. The average Bonchev–Trinajstić information content (AvgIpc) is 2.92. The highest BCUT2D eigenvalue weighted by Gasteiger charge is 2.27. The van der Waals surface area contributed by atoms with Crippen LogP contribution in [0, 0.1) is 0 Å². The molecule has 1 aromatic rings. The van der Waals surface area contributed by atoms with Gasteiger partial charge in [0.25, 0.3) is 0 Å². The zero-order valence-electron chi connectivity index (χ0n) is 12.6. The quantitative estimate of drug-likeness (QED) is 0.844. The van der Waals surface area contributed by atoms with Crippen molar-refractivity contribution in [3.05, 3.63) is 29.8 Å². The van der Waals surface area contributed by atoms with Gasteiger partial charge in [0.2, 0.25) is 5.91 Å². The molecule has 114 valence electrons. The number of nitrogens with one attached hydrogen (secondary N) is 1. The van der Waals surface area contributed by atoms with E-state index in [1.165, 1.54) is 0 Å². The lowest BCUT2D eigenvalue weighted by Crippen LogP contribution is -2.37. The Balaban J connectivity index is 1.87. The Morgan fingerprint density at radius 2 is 2.05 bits per heavy atom. The summed E-state index contributed by atoms with van der Waals surface area (Å²) in [7, 11) is 1.97. The van der Waals surface area contributed by atoms with Gasteiger partial charge in [0.05, 0.1) is 6.04 Å². The SMILES string of the molecule is CCC(=O)OCc1ccc(NC(=O)C2CCCN2C)cc1. The molecule has 1 aliphatic rings. The van der Waals surface area contributed by atoms with E-state index in [-0.39, 0.29) is 24.5 Å². The molecule has 1 heterocycles. The van der Waals surface area contributed by atoms with Crippen molar-refractivity contribution in [1.82, 2.24) is 4.90 Å². The summed E-state index contributed by atoms with van der Waals surface area (Å²) in [4.78, 5) is 25.3. The number of likely N-dealkylation sites (N-methyl/N-ethyl adjacent to an activating group) is 1. The Labute approximate surface area is 125 Å². The van der Waals surface area contributed by atoms with Gasteiger partial charge in [-0.3, -0.25) is 14.5 Å². The molecule has 0 saturated carbocycles. The number of carbonyl (C=O) groups excluding carboxylic acids is 2. The van der Waals surface area contributed by atoms with Crippen molar-refractivity contribution in [2.45, 2.75) is 38.8 Å². The maximum atomic E-state index is 12.1. The number of anilines is 1. The van der Waals surface area contributed by atoms with Gasteiger partial charge in [-0.25, -0.2) is 0 Å². The summed E-state index contributed by atoms with van der Waals surface area (Å²) in [5.74, 6) is -0.170. The van der Waals surface area contributed by atoms with Crippen molar-refractivity contribution in [3.8, 4) is 0 Å². The van der Waals surface area contributed by atoms with Crippen LogP contribution >= 0.6 is 0 Å². The Bertz CT molecular complexity index is 499. The molecule has 1 amide bonds. The topological polar surface area (TPSA) is 58.6 Å². The molecule has 1 saturated heterocycles. The maximum Gasteiger partial charge on any atom is 0.305 e. The minimum absolute atomic E-state index is 0.0322. The van der Waals surface area contributed by atoms with Crippen LogP contribution in [-0.4, -0.2) is 36.4 Å². The number of hydrogen-bond donors (Lipinski definition) is 1.